The molecule has 16 heavy (non-hydrogen) atoms. The minimum absolute atomic E-state index is 0.630. The van der Waals surface area contributed by atoms with Crippen molar-refractivity contribution >= 4 is 0 Å². The van der Waals surface area contributed by atoms with Crippen LogP contribution < -0.4 is 5.32 Å². The second kappa shape index (κ2) is 9.00. The molecule has 0 aromatic heterocycles. The number of likely N-dealkylation sites (N-methyl/N-ethyl adjacent to an activating group) is 1. The largest absolute Gasteiger partial charge is 0.312 e. The van der Waals surface area contributed by atoms with Crippen LogP contribution in [0, 0.1) is 0 Å². The summed E-state index contributed by atoms with van der Waals surface area (Å²) >= 11 is 0. The van der Waals surface area contributed by atoms with E-state index < -0.39 is 0 Å². The average Bonchev–Trinajstić information content (AvgIpc) is 2.31. The fourth-order valence-corrected chi connectivity index (χ4v) is 2.28. The van der Waals surface area contributed by atoms with E-state index in [1.165, 1.54) is 25.7 Å². The van der Waals surface area contributed by atoms with Gasteiger partial charge in [0, 0.05) is 24.7 Å². The summed E-state index contributed by atoms with van der Waals surface area (Å²) in [6.07, 6.45) is 4.97. The highest BCUT2D eigenvalue weighted by molar-refractivity contribution is 4.75. The van der Waals surface area contributed by atoms with E-state index in [1.807, 2.05) is 0 Å². The molecule has 0 radical (unpaired) electrons. The summed E-state index contributed by atoms with van der Waals surface area (Å²) < 4.78 is 0. The van der Waals surface area contributed by atoms with Crippen LogP contribution in [0.5, 0.6) is 0 Å². The van der Waals surface area contributed by atoms with Gasteiger partial charge < -0.3 is 5.32 Å². The molecule has 0 aromatic rings. The van der Waals surface area contributed by atoms with Crippen molar-refractivity contribution in [3.05, 3.63) is 0 Å². The Morgan fingerprint density at radius 2 is 1.44 bits per heavy atom. The molecule has 1 N–H and O–H groups in total. The first-order valence-corrected chi connectivity index (χ1v) is 7.05. The summed E-state index contributed by atoms with van der Waals surface area (Å²) in [5.74, 6) is 0. The monoisotopic (exact) mass is 228 g/mol. The lowest BCUT2D eigenvalue weighted by Crippen LogP contribution is -2.45. The van der Waals surface area contributed by atoms with Crippen molar-refractivity contribution in [1.82, 2.24) is 10.2 Å². The van der Waals surface area contributed by atoms with Gasteiger partial charge in [0.05, 0.1) is 0 Å². The van der Waals surface area contributed by atoms with Crippen LogP contribution >= 0.6 is 0 Å². The second-order valence-electron chi connectivity index (χ2n) is 4.91. The maximum atomic E-state index is 3.66. The summed E-state index contributed by atoms with van der Waals surface area (Å²) in [5, 5.41) is 3.66. The third-order valence-corrected chi connectivity index (χ3v) is 3.90. The minimum atomic E-state index is 0.630. The molecular formula is C14H32N2. The standard InChI is InChI=1S/C14H32N2/c1-7-13(8-2)15-11-12(5)16(6)14(9-3)10-4/h12-15H,7-11H2,1-6H3. The van der Waals surface area contributed by atoms with Gasteiger partial charge in [0.15, 0.2) is 0 Å². The van der Waals surface area contributed by atoms with Crippen LogP contribution in [0.15, 0.2) is 0 Å². The molecular weight excluding hydrogens is 196 g/mol. The van der Waals surface area contributed by atoms with E-state index in [-0.39, 0.29) is 0 Å². The van der Waals surface area contributed by atoms with E-state index in [4.69, 9.17) is 0 Å². The van der Waals surface area contributed by atoms with Gasteiger partial charge in [0.1, 0.15) is 0 Å². The summed E-state index contributed by atoms with van der Waals surface area (Å²) in [7, 11) is 2.26. The number of hydrogen-bond acceptors (Lipinski definition) is 2. The second-order valence-corrected chi connectivity index (χ2v) is 4.91. The van der Waals surface area contributed by atoms with Crippen LogP contribution in [-0.2, 0) is 0 Å². The summed E-state index contributed by atoms with van der Waals surface area (Å²) in [6, 6.07) is 2.06. The zero-order valence-corrected chi connectivity index (χ0v) is 12.2. The number of rotatable bonds is 9. The van der Waals surface area contributed by atoms with Crippen LogP contribution in [0.4, 0.5) is 0 Å². The van der Waals surface area contributed by atoms with E-state index in [0.717, 1.165) is 12.6 Å². The smallest absolute Gasteiger partial charge is 0.0192 e. The zero-order valence-electron chi connectivity index (χ0n) is 12.2. The van der Waals surface area contributed by atoms with Crippen LogP contribution in [0.2, 0.25) is 0 Å². The number of hydrogen-bond donors (Lipinski definition) is 1. The third kappa shape index (κ3) is 5.31. The maximum Gasteiger partial charge on any atom is 0.0192 e. The van der Waals surface area contributed by atoms with Gasteiger partial charge in [-0.25, -0.2) is 0 Å². The van der Waals surface area contributed by atoms with Crippen molar-refractivity contribution in [1.29, 1.82) is 0 Å². The highest BCUT2D eigenvalue weighted by atomic mass is 15.2. The molecule has 1 atom stereocenters. The summed E-state index contributed by atoms with van der Waals surface area (Å²) in [4.78, 5) is 2.52. The van der Waals surface area contributed by atoms with E-state index in [9.17, 15) is 0 Å². The van der Waals surface area contributed by atoms with E-state index in [2.05, 4.69) is 51.9 Å². The molecule has 0 rings (SSSR count). The van der Waals surface area contributed by atoms with Crippen molar-refractivity contribution in [3.8, 4) is 0 Å². The topological polar surface area (TPSA) is 15.3 Å². The van der Waals surface area contributed by atoms with Crippen molar-refractivity contribution in [2.24, 2.45) is 0 Å². The predicted octanol–water partition coefficient (Wildman–Crippen LogP) is 3.27. The molecule has 2 nitrogen and oxygen atoms in total. The highest BCUT2D eigenvalue weighted by Crippen LogP contribution is 2.09. The highest BCUT2D eigenvalue weighted by Gasteiger charge is 2.17. The lowest BCUT2D eigenvalue weighted by atomic mass is 10.1. The Hall–Kier alpha value is -0.0800. The normalized spacial score (nSPS) is 14.1. The van der Waals surface area contributed by atoms with Gasteiger partial charge in [-0.2, -0.15) is 0 Å². The zero-order chi connectivity index (χ0) is 12.6. The molecule has 0 aromatic carbocycles. The van der Waals surface area contributed by atoms with E-state index >= 15 is 0 Å². The number of nitrogens with zero attached hydrogens (tertiary/aromatic N) is 1. The maximum absolute atomic E-state index is 3.66. The summed E-state index contributed by atoms with van der Waals surface area (Å²) in [5.41, 5.74) is 0. The van der Waals surface area contributed by atoms with Crippen LogP contribution in [0.1, 0.15) is 60.3 Å². The fraction of sp³-hybridized carbons (Fsp3) is 1.00. The Bertz CT molecular complexity index is 151. The molecule has 0 aliphatic heterocycles. The van der Waals surface area contributed by atoms with Crippen LogP contribution in [0.25, 0.3) is 0 Å². The molecule has 0 aliphatic rings. The molecule has 1 unspecified atom stereocenters. The van der Waals surface area contributed by atoms with Gasteiger partial charge >= 0.3 is 0 Å². The summed E-state index contributed by atoms with van der Waals surface area (Å²) in [6.45, 7) is 12.5. The van der Waals surface area contributed by atoms with Crippen molar-refractivity contribution in [3.63, 3.8) is 0 Å². The van der Waals surface area contributed by atoms with E-state index in [0.29, 0.717) is 12.1 Å². The molecule has 0 saturated heterocycles. The minimum Gasteiger partial charge on any atom is -0.312 e. The first-order chi connectivity index (χ1) is 7.60. The molecule has 0 fully saturated rings. The Balaban J connectivity index is 3.98. The number of nitrogens with one attached hydrogen (secondary N) is 1. The first-order valence-electron chi connectivity index (χ1n) is 7.05. The van der Waals surface area contributed by atoms with Gasteiger partial charge in [-0.3, -0.25) is 4.90 Å². The third-order valence-electron chi connectivity index (χ3n) is 3.90. The predicted molar refractivity (Wildman–Crippen MR) is 74.0 cm³/mol. The average molecular weight is 228 g/mol. The van der Waals surface area contributed by atoms with Crippen LogP contribution in [0.3, 0.4) is 0 Å². The molecule has 0 heterocycles. The van der Waals surface area contributed by atoms with Gasteiger partial charge in [-0.1, -0.05) is 27.7 Å². The lowest BCUT2D eigenvalue weighted by molar-refractivity contribution is 0.167. The van der Waals surface area contributed by atoms with Crippen LogP contribution in [-0.4, -0.2) is 36.6 Å². The van der Waals surface area contributed by atoms with Gasteiger partial charge in [0.25, 0.3) is 0 Å². The van der Waals surface area contributed by atoms with E-state index in [1.54, 1.807) is 0 Å². The molecule has 0 spiro atoms. The molecule has 2 heteroatoms. The quantitative estimate of drug-likeness (QED) is 0.651. The molecule has 0 bridgehead atoms. The molecule has 0 saturated carbocycles. The fourth-order valence-electron chi connectivity index (χ4n) is 2.28. The Kier molecular flexibility index (Phi) is 8.96. The van der Waals surface area contributed by atoms with Crippen molar-refractivity contribution < 1.29 is 0 Å². The molecule has 98 valence electrons. The Morgan fingerprint density at radius 3 is 1.81 bits per heavy atom. The molecule has 0 aliphatic carbocycles. The lowest BCUT2D eigenvalue weighted by Gasteiger charge is -2.33. The SMILES string of the molecule is CCC(CC)NCC(C)N(C)C(CC)CC. The van der Waals surface area contributed by atoms with Crippen molar-refractivity contribution in [2.75, 3.05) is 13.6 Å². The van der Waals surface area contributed by atoms with Gasteiger partial charge in [-0.15, -0.1) is 0 Å². The Morgan fingerprint density at radius 1 is 0.938 bits per heavy atom. The van der Waals surface area contributed by atoms with Crippen molar-refractivity contribution in [2.45, 2.75) is 78.4 Å². The molecule has 0 amide bonds. The van der Waals surface area contributed by atoms with Gasteiger partial charge in [0.2, 0.25) is 0 Å². The Labute approximate surface area is 103 Å². The first kappa shape index (κ1) is 15.9. The van der Waals surface area contributed by atoms with Gasteiger partial charge in [-0.05, 0) is 39.7 Å².